The second-order valence-electron chi connectivity index (χ2n) is 4.37. The Morgan fingerprint density at radius 2 is 2.22 bits per heavy atom. The van der Waals surface area contributed by atoms with E-state index in [0.29, 0.717) is 13.0 Å². The molecule has 0 fully saturated rings. The number of hydrogen-bond donors (Lipinski definition) is 1. The minimum atomic E-state index is -0.746. The van der Waals surface area contributed by atoms with Crippen molar-refractivity contribution in [2.45, 2.75) is 39.0 Å². The fourth-order valence-electron chi connectivity index (χ4n) is 1.66. The first-order valence-corrected chi connectivity index (χ1v) is 6.98. The summed E-state index contributed by atoms with van der Waals surface area (Å²) in [6.45, 7) is 4.81. The van der Waals surface area contributed by atoms with Gasteiger partial charge in [0.25, 0.3) is 0 Å². The monoisotopic (exact) mass is 314 g/mol. The first-order valence-electron chi connectivity index (χ1n) is 6.18. The van der Waals surface area contributed by atoms with Gasteiger partial charge in [0.1, 0.15) is 5.75 Å². The third-order valence-electron chi connectivity index (χ3n) is 2.78. The summed E-state index contributed by atoms with van der Waals surface area (Å²) in [5.74, 6) is 0.326. The predicted octanol–water partition coefficient (Wildman–Crippen LogP) is 4.21. The zero-order valence-electron chi connectivity index (χ0n) is 10.8. The Hall–Kier alpha value is -1.03. The molecule has 0 bridgehead atoms. The van der Waals surface area contributed by atoms with Crippen LogP contribution in [-0.4, -0.2) is 17.7 Å². The Morgan fingerprint density at radius 1 is 1.50 bits per heavy atom. The van der Waals surface area contributed by atoms with Gasteiger partial charge in [0.2, 0.25) is 0 Å². The summed E-state index contributed by atoms with van der Waals surface area (Å²) in [6, 6.07) is 5.95. The summed E-state index contributed by atoms with van der Waals surface area (Å²) >= 11 is 3.48. The van der Waals surface area contributed by atoms with E-state index in [1.165, 1.54) is 0 Å². The van der Waals surface area contributed by atoms with Gasteiger partial charge in [-0.2, -0.15) is 0 Å². The maximum absolute atomic E-state index is 10.5. The summed E-state index contributed by atoms with van der Waals surface area (Å²) < 4.78 is 6.50. The molecule has 1 rings (SSSR count). The molecule has 1 N–H and O–H groups in total. The van der Waals surface area contributed by atoms with Gasteiger partial charge in [-0.3, -0.25) is 4.79 Å². The van der Waals surface area contributed by atoms with E-state index in [2.05, 4.69) is 22.9 Å². The molecular weight excluding hydrogens is 296 g/mol. The average molecular weight is 315 g/mol. The molecule has 0 amide bonds. The molecule has 1 aromatic carbocycles. The lowest BCUT2D eigenvalue weighted by Gasteiger charge is -2.13. The van der Waals surface area contributed by atoms with Crippen molar-refractivity contribution < 1.29 is 14.6 Å². The zero-order chi connectivity index (χ0) is 13.5. The lowest BCUT2D eigenvalue weighted by Crippen LogP contribution is -2.01. The first-order chi connectivity index (χ1) is 8.54. The summed E-state index contributed by atoms with van der Waals surface area (Å²) in [5.41, 5.74) is 1.13. The summed E-state index contributed by atoms with van der Waals surface area (Å²) in [4.78, 5) is 10.5. The quantitative estimate of drug-likeness (QED) is 0.820. The Kier molecular flexibility index (Phi) is 6.19. The maximum Gasteiger partial charge on any atom is 0.303 e. The van der Waals surface area contributed by atoms with E-state index in [0.717, 1.165) is 22.2 Å². The molecule has 0 aromatic heterocycles. The molecular formula is C14H19BrO3. The van der Waals surface area contributed by atoms with Crippen molar-refractivity contribution in [2.24, 2.45) is 0 Å². The van der Waals surface area contributed by atoms with Crippen molar-refractivity contribution in [3.05, 3.63) is 28.2 Å². The number of benzene rings is 1. The van der Waals surface area contributed by atoms with Gasteiger partial charge < -0.3 is 9.84 Å². The third kappa shape index (κ3) is 4.69. The molecule has 0 aliphatic carbocycles. The second kappa shape index (κ2) is 7.41. The van der Waals surface area contributed by atoms with Crippen LogP contribution in [0.3, 0.4) is 0 Å². The van der Waals surface area contributed by atoms with Crippen molar-refractivity contribution in [3.8, 4) is 5.75 Å². The highest BCUT2D eigenvalue weighted by Crippen LogP contribution is 2.30. The van der Waals surface area contributed by atoms with Crippen LogP contribution in [0.25, 0.3) is 0 Å². The van der Waals surface area contributed by atoms with E-state index in [-0.39, 0.29) is 12.3 Å². The Balaban J connectivity index is 2.67. The zero-order valence-corrected chi connectivity index (χ0v) is 12.4. The van der Waals surface area contributed by atoms with Crippen LogP contribution in [0.15, 0.2) is 22.7 Å². The molecule has 1 aromatic rings. The molecule has 0 aliphatic heterocycles. The number of rotatable bonds is 7. The number of halogens is 1. The van der Waals surface area contributed by atoms with Crippen molar-refractivity contribution in [3.63, 3.8) is 0 Å². The second-order valence-corrected chi connectivity index (χ2v) is 5.23. The van der Waals surface area contributed by atoms with Gasteiger partial charge in [0.05, 0.1) is 11.1 Å². The van der Waals surface area contributed by atoms with Gasteiger partial charge in [0.15, 0.2) is 0 Å². The van der Waals surface area contributed by atoms with Gasteiger partial charge in [-0.15, -0.1) is 0 Å². The van der Waals surface area contributed by atoms with Crippen LogP contribution in [0.2, 0.25) is 0 Å². The van der Waals surface area contributed by atoms with Crippen LogP contribution in [-0.2, 0) is 4.79 Å². The van der Waals surface area contributed by atoms with Gasteiger partial charge in [0, 0.05) is 6.42 Å². The predicted molar refractivity (Wildman–Crippen MR) is 75.2 cm³/mol. The molecule has 1 unspecified atom stereocenters. The summed E-state index contributed by atoms with van der Waals surface area (Å²) in [6.07, 6.45) is 1.83. The Labute approximate surface area is 116 Å². The fourth-order valence-corrected chi connectivity index (χ4v) is 2.17. The summed E-state index contributed by atoms with van der Waals surface area (Å²) in [5, 5.41) is 8.68. The number of ether oxygens (including phenoxy) is 1. The molecule has 3 nitrogen and oxygen atoms in total. The maximum atomic E-state index is 10.5. The largest absolute Gasteiger partial charge is 0.492 e. The third-order valence-corrected chi connectivity index (χ3v) is 3.40. The van der Waals surface area contributed by atoms with Crippen LogP contribution in [0.1, 0.15) is 44.6 Å². The van der Waals surface area contributed by atoms with Crippen molar-refractivity contribution in [1.29, 1.82) is 0 Å². The van der Waals surface area contributed by atoms with E-state index in [9.17, 15) is 4.79 Å². The molecule has 0 saturated carbocycles. The van der Waals surface area contributed by atoms with Gasteiger partial charge in [-0.25, -0.2) is 0 Å². The molecule has 100 valence electrons. The van der Waals surface area contributed by atoms with Crippen molar-refractivity contribution in [2.75, 3.05) is 6.61 Å². The van der Waals surface area contributed by atoms with Gasteiger partial charge in [-0.05, 0) is 52.4 Å². The average Bonchev–Trinajstić information content (AvgIpc) is 2.34. The fraction of sp³-hybridized carbons (Fsp3) is 0.500. The SMILES string of the molecule is CCCOc1ccc(C(C)CCC(=O)O)cc1Br. The number of aliphatic carboxylic acids is 1. The lowest BCUT2D eigenvalue weighted by atomic mass is 9.96. The van der Waals surface area contributed by atoms with Crippen LogP contribution in [0.4, 0.5) is 0 Å². The molecule has 4 heteroatoms. The standard InChI is InChI=1S/C14H19BrO3/c1-3-8-18-13-6-5-11(9-12(13)15)10(2)4-7-14(16)17/h5-6,9-10H,3-4,7-8H2,1-2H3,(H,16,17). The van der Waals surface area contributed by atoms with E-state index in [1.54, 1.807) is 0 Å². The topological polar surface area (TPSA) is 46.5 Å². The van der Waals surface area contributed by atoms with Gasteiger partial charge >= 0.3 is 5.97 Å². The number of hydrogen-bond acceptors (Lipinski definition) is 2. The van der Waals surface area contributed by atoms with E-state index in [1.807, 2.05) is 25.1 Å². The van der Waals surface area contributed by atoms with Crippen LogP contribution < -0.4 is 4.74 Å². The highest BCUT2D eigenvalue weighted by Gasteiger charge is 2.10. The normalized spacial score (nSPS) is 12.2. The first kappa shape index (κ1) is 15.0. The Morgan fingerprint density at radius 3 is 2.78 bits per heavy atom. The van der Waals surface area contributed by atoms with Crippen LogP contribution >= 0.6 is 15.9 Å². The van der Waals surface area contributed by atoms with Crippen LogP contribution in [0, 0.1) is 0 Å². The number of carboxylic acids is 1. The molecule has 0 saturated heterocycles. The highest BCUT2D eigenvalue weighted by molar-refractivity contribution is 9.10. The van der Waals surface area contributed by atoms with Crippen molar-refractivity contribution >= 4 is 21.9 Å². The molecule has 1 atom stereocenters. The smallest absolute Gasteiger partial charge is 0.303 e. The molecule has 0 aliphatic rings. The molecule has 0 spiro atoms. The molecule has 0 radical (unpaired) electrons. The molecule has 0 heterocycles. The van der Waals surface area contributed by atoms with Crippen LogP contribution in [0.5, 0.6) is 5.75 Å². The number of carbonyl (C=O) groups is 1. The highest BCUT2D eigenvalue weighted by atomic mass is 79.9. The van der Waals surface area contributed by atoms with E-state index in [4.69, 9.17) is 9.84 Å². The minimum Gasteiger partial charge on any atom is -0.492 e. The lowest BCUT2D eigenvalue weighted by molar-refractivity contribution is -0.137. The van der Waals surface area contributed by atoms with Gasteiger partial charge in [-0.1, -0.05) is 19.9 Å². The number of carboxylic acid groups (broad SMARTS) is 1. The van der Waals surface area contributed by atoms with E-state index >= 15 is 0 Å². The summed E-state index contributed by atoms with van der Waals surface area (Å²) in [7, 11) is 0. The van der Waals surface area contributed by atoms with Crippen molar-refractivity contribution in [1.82, 2.24) is 0 Å². The minimum absolute atomic E-state index is 0.201. The van der Waals surface area contributed by atoms with E-state index < -0.39 is 5.97 Å². The Bertz CT molecular complexity index is 404. The molecule has 18 heavy (non-hydrogen) atoms.